The Labute approximate surface area is 116 Å². The van der Waals surface area contributed by atoms with Gasteiger partial charge < -0.3 is 0 Å². The molecule has 106 valence electrons. The van der Waals surface area contributed by atoms with Crippen molar-refractivity contribution in [2.45, 2.75) is 57.5 Å². The largest absolute Gasteiger partial charge is 0.243 e. The van der Waals surface area contributed by atoms with Gasteiger partial charge in [-0.25, -0.2) is 8.42 Å². The maximum atomic E-state index is 12.8. The lowest BCUT2D eigenvalue weighted by molar-refractivity contribution is 0.279. The van der Waals surface area contributed by atoms with Crippen molar-refractivity contribution in [1.29, 1.82) is 0 Å². The van der Waals surface area contributed by atoms with E-state index in [4.69, 9.17) is 0 Å². The first kappa shape index (κ1) is 14.5. The first-order valence-electron chi connectivity index (χ1n) is 6.94. The Bertz CT molecular complexity index is 534. The molecule has 2 unspecified atom stereocenters. The topological polar surface area (TPSA) is 37.4 Å². The van der Waals surface area contributed by atoms with Gasteiger partial charge >= 0.3 is 0 Å². The van der Waals surface area contributed by atoms with Gasteiger partial charge in [0.15, 0.2) is 0 Å². The lowest BCUT2D eigenvalue weighted by Gasteiger charge is -2.30. The van der Waals surface area contributed by atoms with Crippen LogP contribution in [0.25, 0.3) is 0 Å². The molecule has 4 heteroatoms. The van der Waals surface area contributed by atoms with E-state index in [-0.39, 0.29) is 12.1 Å². The minimum atomic E-state index is -3.37. The number of benzene rings is 1. The zero-order valence-corrected chi connectivity index (χ0v) is 12.9. The number of rotatable bonds is 3. The van der Waals surface area contributed by atoms with E-state index < -0.39 is 10.0 Å². The molecule has 1 saturated heterocycles. The molecule has 0 N–H and O–H groups in total. The van der Waals surface area contributed by atoms with Crippen molar-refractivity contribution in [3.8, 4) is 0 Å². The SMILES string of the molecule is Cc1ccc(S(=O)(=O)N2C(C)CCC2C(C)C)cc1. The number of hydrogen-bond acceptors (Lipinski definition) is 2. The fourth-order valence-corrected chi connectivity index (χ4v) is 4.88. The van der Waals surface area contributed by atoms with Crippen LogP contribution in [0.3, 0.4) is 0 Å². The first-order valence-corrected chi connectivity index (χ1v) is 8.38. The smallest absolute Gasteiger partial charge is 0.207 e. The predicted octanol–water partition coefficient (Wildman–Crippen LogP) is 3.19. The number of nitrogens with zero attached hydrogens (tertiary/aromatic N) is 1. The van der Waals surface area contributed by atoms with Crippen LogP contribution in [0.5, 0.6) is 0 Å². The molecule has 1 fully saturated rings. The summed E-state index contributed by atoms with van der Waals surface area (Å²) in [7, 11) is -3.37. The summed E-state index contributed by atoms with van der Waals surface area (Å²) in [5.41, 5.74) is 1.08. The molecule has 3 nitrogen and oxygen atoms in total. The molecule has 0 saturated carbocycles. The molecule has 1 aliphatic heterocycles. The van der Waals surface area contributed by atoms with Crippen LogP contribution >= 0.6 is 0 Å². The van der Waals surface area contributed by atoms with E-state index in [9.17, 15) is 8.42 Å². The summed E-state index contributed by atoms with van der Waals surface area (Å²) in [4.78, 5) is 0.414. The summed E-state index contributed by atoms with van der Waals surface area (Å²) in [5, 5.41) is 0. The molecule has 0 aromatic heterocycles. The maximum absolute atomic E-state index is 12.8. The van der Waals surface area contributed by atoms with Crippen molar-refractivity contribution in [3.05, 3.63) is 29.8 Å². The highest BCUT2D eigenvalue weighted by Gasteiger charge is 2.41. The average Bonchev–Trinajstić information content (AvgIpc) is 2.72. The van der Waals surface area contributed by atoms with E-state index >= 15 is 0 Å². The van der Waals surface area contributed by atoms with Crippen LogP contribution in [0.15, 0.2) is 29.2 Å². The van der Waals surface area contributed by atoms with E-state index in [1.165, 1.54) is 0 Å². The lowest BCUT2D eigenvalue weighted by Crippen LogP contribution is -2.42. The van der Waals surface area contributed by atoms with Crippen molar-refractivity contribution < 1.29 is 8.42 Å². The van der Waals surface area contributed by atoms with Gasteiger partial charge in [0.05, 0.1) is 4.90 Å². The molecule has 0 aliphatic carbocycles. The zero-order valence-electron chi connectivity index (χ0n) is 12.1. The molecule has 0 bridgehead atoms. The van der Waals surface area contributed by atoms with Crippen LogP contribution < -0.4 is 0 Å². The molecule has 1 aromatic carbocycles. The fraction of sp³-hybridized carbons (Fsp3) is 0.600. The third kappa shape index (κ3) is 2.70. The minimum Gasteiger partial charge on any atom is -0.207 e. The third-order valence-electron chi connectivity index (χ3n) is 4.01. The molecule has 1 aromatic rings. The van der Waals surface area contributed by atoms with Gasteiger partial charge in [-0.3, -0.25) is 0 Å². The Morgan fingerprint density at radius 2 is 1.74 bits per heavy atom. The monoisotopic (exact) mass is 281 g/mol. The van der Waals surface area contributed by atoms with Gasteiger partial charge in [0, 0.05) is 12.1 Å². The van der Waals surface area contributed by atoms with Crippen molar-refractivity contribution in [2.24, 2.45) is 5.92 Å². The molecular weight excluding hydrogens is 258 g/mol. The summed E-state index contributed by atoms with van der Waals surface area (Å²) in [6.07, 6.45) is 1.91. The summed E-state index contributed by atoms with van der Waals surface area (Å²) in [5.74, 6) is 0.352. The highest BCUT2D eigenvalue weighted by molar-refractivity contribution is 7.89. The van der Waals surface area contributed by atoms with Gasteiger partial charge in [0.25, 0.3) is 0 Å². The molecule has 2 atom stereocenters. The van der Waals surface area contributed by atoms with E-state index in [1.807, 2.05) is 26.0 Å². The van der Waals surface area contributed by atoms with Crippen LogP contribution in [-0.4, -0.2) is 24.8 Å². The van der Waals surface area contributed by atoms with Crippen molar-refractivity contribution in [3.63, 3.8) is 0 Å². The number of sulfonamides is 1. The van der Waals surface area contributed by atoms with Crippen molar-refractivity contribution in [1.82, 2.24) is 4.31 Å². The Kier molecular flexibility index (Phi) is 4.02. The Hall–Kier alpha value is -0.870. The standard InChI is InChI=1S/C15H23NO2S/c1-11(2)15-10-7-13(4)16(15)19(17,18)14-8-5-12(3)6-9-14/h5-6,8-9,11,13,15H,7,10H2,1-4H3. The molecule has 0 radical (unpaired) electrons. The lowest BCUT2D eigenvalue weighted by atomic mass is 10.0. The fourth-order valence-electron chi connectivity index (χ4n) is 2.87. The van der Waals surface area contributed by atoms with Gasteiger partial charge in [0.1, 0.15) is 0 Å². The Morgan fingerprint density at radius 1 is 1.16 bits per heavy atom. The minimum absolute atomic E-state index is 0.0960. The van der Waals surface area contributed by atoms with Crippen molar-refractivity contribution >= 4 is 10.0 Å². The van der Waals surface area contributed by atoms with Gasteiger partial charge in [-0.05, 0) is 44.7 Å². The van der Waals surface area contributed by atoms with E-state index in [2.05, 4.69) is 13.8 Å². The second-order valence-corrected chi connectivity index (χ2v) is 7.73. The number of hydrogen-bond donors (Lipinski definition) is 0. The van der Waals surface area contributed by atoms with Crippen LogP contribution in [0, 0.1) is 12.8 Å². The highest BCUT2D eigenvalue weighted by Crippen LogP contribution is 2.34. The second kappa shape index (κ2) is 5.25. The van der Waals surface area contributed by atoms with Gasteiger partial charge in [-0.2, -0.15) is 4.31 Å². The summed E-state index contributed by atoms with van der Waals surface area (Å²) in [6.45, 7) is 8.17. The third-order valence-corrected chi connectivity index (χ3v) is 6.06. The molecular formula is C15H23NO2S. The van der Waals surface area contributed by atoms with Crippen LogP contribution in [0.4, 0.5) is 0 Å². The van der Waals surface area contributed by atoms with Crippen molar-refractivity contribution in [2.75, 3.05) is 0 Å². The van der Waals surface area contributed by atoms with Crippen LogP contribution in [0.1, 0.15) is 39.2 Å². The highest BCUT2D eigenvalue weighted by atomic mass is 32.2. The molecule has 2 rings (SSSR count). The normalized spacial score (nSPS) is 25.1. The molecule has 1 heterocycles. The zero-order chi connectivity index (χ0) is 14.2. The van der Waals surface area contributed by atoms with E-state index in [1.54, 1.807) is 16.4 Å². The number of aryl methyl sites for hydroxylation is 1. The quantitative estimate of drug-likeness (QED) is 0.853. The van der Waals surface area contributed by atoms with Crippen LogP contribution in [0.2, 0.25) is 0 Å². The van der Waals surface area contributed by atoms with Gasteiger partial charge in [-0.15, -0.1) is 0 Å². The molecule has 0 spiro atoms. The predicted molar refractivity (Wildman–Crippen MR) is 77.5 cm³/mol. The molecule has 1 aliphatic rings. The van der Waals surface area contributed by atoms with Crippen LogP contribution in [-0.2, 0) is 10.0 Å². The molecule has 0 amide bonds. The first-order chi connectivity index (χ1) is 8.84. The maximum Gasteiger partial charge on any atom is 0.243 e. The summed E-state index contributed by atoms with van der Waals surface area (Å²) < 4.78 is 27.3. The Morgan fingerprint density at radius 3 is 2.26 bits per heavy atom. The van der Waals surface area contributed by atoms with Gasteiger partial charge in [0.2, 0.25) is 10.0 Å². The van der Waals surface area contributed by atoms with Gasteiger partial charge in [-0.1, -0.05) is 31.5 Å². The van der Waals surface area contributed by atoms with E-state index in [0.717, 1.165) is 18.4 Å². The summed E-state index contributed by atoms with van der Waals surface area (Å²) >= 11 is 0. The Balaban J connectivity index is 2.40. The average molecular weight is 281 g/mol. The van der Waals surface area contributed by atoms with E-state index in [0.29, 0.717) is 10.8 Å². The summed E-state index contributed by atoms with van der Waals surface area (Å²) in [6, 6.07) is 7.37. The molecule has 19 heavy (non-hydrogen) atoms. The second-order valence-electron chi connectivity index (χ2n) is 5.89.